The zero-order chi connectivity index (χ0) is 22.2. The van der Waals surface area contributed by atoms with Crippen molar-refractivity contribution in [2.45, 2.75) is 18.9 Å². The molecular formula is C24H25N5O3. The molecule has 1 unspecified atom stereocenters. The Labute approximate surface area is 186 Å². The standard InChI is InChI=1S/C24H25N5O3/c1-28-10-8-15-12-21(32-2)19(11-16(15)13-28)26-24-25-9-7-22(27-24)29-14-18(23(30)31)17-5-3-4-6-20(17)29/h3-7,9,11-12,18H,8,10,13-14H2,1-2H3,(H,30,31)(H,25,26,27). The lowest BCUT2D eigenvalue weighted by molar-refractivity contribution is -0.138. The number of rotatable bonds is 5. The van der Waals surface area contributed by atoms with E-state index in [-0.39, 0.29) is 0 Å². The molecule has 0 aliphatic carbocycles. The molecule has 5 rings (SSSR count). The van der Waals surface area contributed by atoms with Crippen LogP contribution in [0.2, 0.25) is 0 Å². The number of carboxylic acid groups (broad SMARTS) is 1. The predicted octanol–water partition coefficient (Wildman–Crippen LogP) is 3.54. The van der Waals surface area contributed by atoms with Gasteiger partial charge in [-0.1, -0.05) is 18.2 Å². The van der Waals surface area contributed by atoms with Gasteiger partial charge in [0.2, 0.25) is 5.95 Å². The number of likely N-dealkylation sites (N-methyl/N-ethyl adjacent to an activating group) is 1. The number of carboxylic acids is 1. The van der Waals surface area contributed by atoms with E-state index >= 15 is 0 Å². The number of ether oxygens (including phenoxy) is 1. The van der Waals surface area contributed by atoms with Gasteiger partial charge in [0.25, 0.3) is 0 Å². The van der Waals surface area contributed by atoms with Crippen LogP contribution >= 0.6 is 0 Å². The number of methoxy groups -OCH3 is 1. The van der Waals surface area contributed by atoms with Crippen LogP contribution < -0.4 is 15.0 Å². The van der Waals surface area contributed by atoms with Gasteiger partial charge >= 0.3 is 5.97 Å². The smallest absolute Gasteiger partial charge is 0.312 e. The summed E-state index contributed by atoms with van der Waals surface area (Å²) in [7, 11) is 3.78. The van der Waals surface area contributed by atoms with Crippen LogP contribution in [0.5, 0.6) is 5.75 Å². The molecule has 0 saturated carbocycles. The first-order chi connectivity index (χ1) is 15.5. The van der Waals surface area contributed by atoms with Gasteiger partial charge in [0.05, 0.1) is 12.8 Å². The monoisotopic (exact) mass is 431 g/mol. The van der Waals surface area contributed by atoms with E-state index in [1.807, 2.05) is 29.2 Å². The summed E-state index contributed by atoms with van der Waals surface area (Å²) >= 11 is 0. The summed E-state index contributed by atoms with van der Waals surface area (Å²) in [6.45, 7) is 2.25. The zero-order valence-corrected chi connectivity index (χ0v) is 18.1. The molecular weight excluding hydrogens is 406 g/mol. The number of hydrogen-bond donors (Lipinski definition) is 2. The number of aromatic nitrogens is 2. The summed E-state index contributed by atoms with van der Waals surface area (Å²) in [4.78, 5) is 25.1. The van der Waals surface area contributed by atoms with Crippen molar-refractivity contribution in [1.29, 1.82) is 0 Å². The van der Waals surface area contributed by atoms with E-state index in [9.17, 15) is 9.90 Å². The molecule has 2 aromatic carbocycles. The van der Waals surface area contributed by atoms with E-state index in [1.54, 1.807) is 19.4 Å². The van der Waals surface area contributed by atoms with E-state index in [0.29, 0.717) is 18.3 Å². The van der Waals surface area contributed by atoms with Crippen molar-refractivity contribution in [2.75, 3.05) is 37.5 Å². The molecule has 0 spiro atoms. The molecule has 2 aliphatic heterocycles. The van der Waals surface area contributed by atoms with Crippen LogP contribution in [0.25, 0.3) is 0 Å². The molecule has 0 fully saturated rings. The second-order valence-electron chi connectivity index (χ2n) is 8.23. The Balaban J connectivity index is 1.46. The maximum atomic E-state index is 11.8. The first-order valence-corrected chi connectivity index (χ1v) is 10.6. The molecule has 1 aromatic heterocycles. The van der Waals surface area contributed by atoms with Gasteiger partial charge in [-0.15, -0.1) is 0 Å². The van der Waals surface area contributed by atoms with Crippen molar-refractivity contribution in [3.8, 4) is 5.75 Å². The number of nitrogens with one attached hydrogen (secondary N) is 1. The number of carbonyl (C=O) groups is 1. The number of hydrogen-bond acceptors (Lipinski definition) is 7. The maximum Gasteiger partial charge on any atom is 0.312 e. The first kappa shape index (κ1) is 20.3. The first-order valence-electron chi connectivity index (χ1n) is 10.6. The minimum atomic E-state index is -0.837. The quantitative estimate of drug-likeness (QED) is 0.634. The molecule has 3 aromatic rings. The molecule has 164 valence electrons. The number of aliphatic carboxylic acids is 1. The minimum absolute atomic E-state index is 0.333. The summed E-state index contributed by atoms with van der Waals surface area (Å²) in [5.74, 6) is 0.405. The lowest BCUT2D eigenvalue weighted by Gasteiger charge is -2.26. The van der Waals surface area contributed by atoms with Crippen molar-refractivity contribution in [1.82, 2.24) is 14.9 Å². The number of anilines is 4. The Morgan fingerprint density at radius 1 is 1.22 bits per heavy atom. The summed E-state index contributed by atoms with van der Waals surface area (Å²) < 4.78 is 5.62. The van der Waals surface area contributed by atoms with E-state index < -0.39 is 11.9 Å². The Hall–Kier alpha value is -3.65. The molecule has 8 nitrogen and oxygen atoms in total. The van der Waals surface area contributed by atoms with E-state index in [1.165, 1.54) is 11.1 Å². The SMILES string of the molecule is COc1cc2c(cc1Nc1nccc(N3CC(C(=O)O)c4ccccc43)n1)CN(C)CC2. The third kappa shape index (κ3) is 3.62. The number of benzene rings is 2. The van der Waals surface area contributed by atoms with E-state index in [4.69, 9.17) is 4.74 Å². The molecule has 0 saturated heterocycles. The Bertz CT molecular complexity index is 1180. The fourth-order valence-electron chi connectivity index (χ4n) is 4.51. The second kappa shape index (κ2) is 8.12. The van der Waals surface area contributed by atoms with Crippen molar-refractivity contribution < 1.29 is 14.6 Å². The van der Waals surface area contributed by atoms with E-state index in [0.717, 1.165) is 42.2 Å². The Kier molecular flexibility index (Phi) is 5.14. The molecule has 32 heavy (non-hydrogen) atoms. The van der Waals surface area contributed by atoms with Crippen LogP contribution in [0, 0.1) is 0 Å². The molecule has 0 bridgehead atoms. The fourth-order valence-corrected chi connectivity index (χ4v) is 4.51. The van der Waals surface area contributed by atoms with Crippen molar-refractivity contribution in [3.63, 3.8) is 0 Å². The van der Waals surface area contributed by atoms with Gasteiger partial charge < -0.3 is 25.0 Å². The van der Waals surface area contributed by atoms with Gasteiger partial charge in [-0.3, -0.25) is 4.79 Å². The number of nitrogens with zero attached hydrogens (tertiary/aromatic N) is 4. The van der Waals surface area contributed by atoms with Crippen molar-refractivity contribution >= 4 is 29.1 Å². The number of para-hydroxylation sites is 1. The minimum Gasteiger partial charge on any atom is -0.495 e. The second-order valence-corrected chi connectivity index (χ2v) is 8.23. The van der Waals surface area contributed by atoms with Gasteiger partial charge in [0, 0.05) is 31.5 Å². The molecule has 0 amide bonds. The maximum absolute atomic E-state index is 11.8. The summed E-state index contributed by atoms with van der Waals surface area (Å²) in [5.41, 5.74) is 5.03. The average molecular weight is 431 g/mol. The van der Waals surface area contributed by atoms with Gasteiger partial charge in [-0.2, -0.15) is 4.98 Å². The lowest BCUT2D eigenvalue weighted by Crippen LogP contribution is -2.26. The van der Waals surface area contributed by atoms with E-state index in [2.05, 4.69) is 39.4 Å². The molecule has 3 heterocycles. The van der Waals surface area contributed by atoms with Gasteiger partial charge in [-0.25, -0.2) is 4.98 Å². The van der Waals surface area contributed by atoms with Gasteiger partial charge in [-0.05, 0) is 54.4 Å². The van der Waals surface area contributed by atoms with Gasteiger partial charge in [0.1, 0.15) is 17.5 Å². The third-order valence-electron chi connectivity index (χ3n) is 6.15. The molecule has 2 aliphatic rings. The highest BCUT2D eigenvalue weighted by atomic mass is 16.5. The highest BCUT2D eigenvalue weighted by molar-refractivity contribution is 5.85. The molecule has 8 heteroatoms. The summed E-state index contributed by atoms with van der Waals surface area (Å²) in [5, 5.41) is 13.0. The molecule has 0 radical (unpaired) electrons. The third-order valence-corrected chi connectivity index (χ3v) is 6.15. The topological polar surface area (TPSA) is 90.8 Å². The van der Waals surface area contributed by atoms with Crippen LogP contribution in [0.4, 0.5) is 23.1 Å². The highest BCUT2D eigenvalue weighted by Gasteiger charge is 2.34. The van der Waals surface area contributed by atoms with Crippen LogP contribution in [0.3, 0.4) is 0 Å². The fraction of sp³-hybridized carbons (Fsp3) is 0.292. The van der Waals surface area contributed by atoms with Crippen LogP contribution in [-0.4, -0.2) is 53.2 Å². The number of fused-ring (bicyclic) bond motifs is 2. The van der Waals surface area contributed by atoms with Crippen molar-refractivity contribution in [2.24, 2.45) is 0 Å². The van der Waals surface area contributed by atoms with Crippen molar-refractivity contribution in [3.05, 3.63) is 65.4 Å². The lowest BCUT2D eigenvalue weighted by atomic mass is 9.99. The predicted molar refractivity (Wildman–Crippen MR) is 122 cm³/mol. The Morgan fingerprint density at radius 3 is 2.88 bits per heavy atom. The van der Waals surface area contributed by atoms with Crippen LogP contribution in [0.15, 0.2) is 48.7 Å². The molecule has 1 atom stereocenters. The van der Waals surface area contributed by atoms with Crippen LogP contribution in [0.1, 0.15) is 22.6 Å². The van der Waals surface area contributed by atoms with Crippen LogP contribution in [-0.2, 0) is 17.8 Å². The zero-order valence-electron chi connectivity index (χ0n) is 18.1. The normalized spacial score (nSPS) is 17.6. The highest BCUT2D eigenvalue weighted by Crippen LogP contribution is 2.40. The van der Waals surface area contributed by atoms with Gasteiger partial charge in [0.15, 0.2) is 0 Å². The summed E-state index contributed by atoms with van der Waals surface area (Å²) in [6.07, 6.45) is 2.67. The summed E-state index contributed by atoms with van der Waals surface area (Å²) in [6, 6.07) is 13.6. The largest absolute Gasteiger partial charge is 0.495 e. The molecule has 2 N–H and O–H groups in total. The average Bonchev–Trinajstić information content (AvgIpc) is 3.19. The Morgan fingerprint density at radius 2 is 2.06 bits per heavy atom.